The van der Waals surface area contributed by atoms with Crippen LogP contribution in [0.4, 0.5) is 0 Å². The Kier molecular flexibility index (Phi) is 7.22. The zero-order valence-electron chi connectivity index (χ0n) is 35.6. The molecule has 4 aliphatic carbocycles. The molecule has 0 spiro atoms. The summed E-state index contributed by atoms with van der Waals surface area (Å²) in [5.41, 5.74) is 24.6. The minimum absolute atomic E-state index is 0.128. The fourth-order valence-corrected chi connectivity index (χ4v) is 12.1. The van der Waals surface area contributed by atoms with Gasteiger partial charge in [0.05, 0.1) is 0 Å². The Morgan fingerprint density at radius 3 is 1.81 bits per heavy atom. The van der Waals surface area contributed by atoms with E-state index >= 15 is 0 Å². The number of allylic oxidation sites excluding steroid dienone is 5. The standard InChI is InChI=1S/C63H44/c1-63(2)57-35-47(43-10-5-11-49(33-43)51-26-20-41-14-12-37-6-3-8-39-22-30-55(51)61(41)59(37)39)24-28-53(57)54-29-25-48(36-58(54)63)45-16-17-46-34-50(19-18-44(46)32-45)52-27-21-42-15-13-38-7-4-9-40-23-31-56(52)62(42)60(38)40/h3-6,8-14,16-17,19-33,35-36H,7,15,18,34H2,1-2H3. The van der Waals surface area contributed by atoms with Gasteiger partial charge in [-0.1, -0.05) is 178 Å². The first-order chi connectivity index (χ1) is 30.9. The molecule has 0 saturated carbocycles. The lowest BCUT2D eigenvalue weighted by Crippen LogP contribution is -2.15. The Hall–Kier alpha value is -7.28. The van der Waals surface area contributed by atoms with Crippen molar-refractivity contribution in [3.8, 4) is 44.5 Å². The topological polar surface area (TPSA) is 0 Å². The van der Waals surface area contributed by atoms with Crippen molar-refractivity contribution in [2.75, 3.05) is 0 Å². The zero-order valence-corrected chi connectivity index (χ0v) is 35.6. The van der Waals surface area contributed by atoms with Crippen molar-refractivity contribution in [2.24, 2.45) is 0 Å². The summed E-state index contributed by atoms with van der Waals surface area (Å²) in [6.07, 6.45) is 13.6. The zero-order chi connectivity index (χ0) is 41.6. The summed E-state index contributed by atoms with van der Waals surface area (Å²) in [6.45, 7) is 4.82. The average molecular weight is 801 g/mol. The lowest BCUT2D eigenvalue weighted by Gasteiger charge is -2.26. The summed E-state index contributed by atoms with van der Waals surface area (Å²) < 4.78 is 0. The van der Waals surface area contributed by atoms with Gasteiger partial charge in [0.1, 0.15) is 0 Å². The Bertz CT molecular complexity index is 3730. The van der Waals surface area contributed by atoms with Gasteiger partial charge in [-0.25, -0.2) is 0 Å². The van der Waals surface area contributed by atoms with Gasteiger partial charge < -0.3 is 0 Å². The molecule has 63 heavy (non-hydrogen) atoms. The molecule has 0 heterocycles. The normalized spacial score (nSPS) is 15.5. The van der Waals surface area contributed by atoms with Gasteiger partial charge in [0.15, 0.2) is 0 Å². The third-order valence-corrected chi connectivity index (χ3v) is 15.4. The Labute approximate surface area is 368 Å². The van der Waals surface area contributed by atoms with Crippen LogP contribution in [-0.2, 0) is 24.7 Å². The van der Waals surface area contributed by atoms with Crippen LogP contribution in [0.15, 0.2) is 176 Å². The molecule has 296 valence electrons. The lowest BCUT2D eigenvalue weighted by atomic mass is 9.78. The van der Waals surface area contributed by atoms with E-state index in [1.807, 2.05) is 0 Å². The number of benzene rings is 10. The third kappa shape index (κ3) is 5.10. The molecule has 4 aliphatic rings. The summed E-state index contributed by atoms with van der Waals surface area (Å²) in [4.78, 5) is 0. The van der Waals surface area contributed by atoms with Crippen molar-refractivity contribution in [1.29, 1.82) is 0 Å². The average Bonchev–Trinajstić information content (AvgIpc) is 3.56. The third-order valence-electron chi connectivity index (χ3n) is 15.4. The van der Waals surface area contributed by atoms with Crippen LogP contribution in [0.2, 0.25) is 0 Å². The van der Waals surface area contributed by atoms with Gasteiger partial charge in [-0.3, -0.25) is 0 Å². The van der Waals surface area contributed by atoms with Gasteiger partial charge in [-0.2, -0.15) is 0 Å². The van der Waals surface area contributed by atoms with Gasteiger partial charge >= 0.3 is 0 Å². The summed E-state index contributed by atoms with van der Waals surface area (Å²) in [6, 6.07) is 60.7. The van der Waals surface area contributed by atoms with Crippen molar-refractivity contribution < 1.29 is 0 Å². The van der Waals surface area contributed by atoms with Gasteiger partial charge in [0.25, 0.3) is 0 Å². The van der Waals surface area contributed by atoms with Crippen LogP contribution in [0.1, 0.15) is 64.8 Å². The van der Waals surface area contributed by atoms with E-state index in [4.69, 9.17) is 0 Å². The maximum Gasteiger partial charge on any atom is 0.0159 e. The molecule has 0 fully saturated rings. The van der Waals surface area contributed by atoms with E-state index in [0.717, 1.165) is 25.7 Å². The molecule has 0 saturated heterocycles. The predicted molar refractivity (Wildman–Crippen MR) is 269 cm³/mol. The molecule has 0 atom stereocenters. The number of rotatable bonds is 4. The summed E-state index contributed by atoms with van der Waals surface area (Å²) in [5, 5.41) is 10.9. The summed E-state index contributed by atoms with van der Waals surface area (Å²) >= 11 is 0. The molecule has 0 radical (unpaired) electrons. The van der Waals surface area contributed by atoms with Crippen LogP contribution in [0, 0.1) is 0 Å². The van der Waals surface area contributed by atoms with Crippen molar-refractivity contribution >= 4 is 60.3 Å². The minimum atomic E-state index is -0.128. The molecule has 0 amide bonds. The highest BCUT2D eigenvalue weighted by Gasteiger charge is 2.36. The van der Waals surface area contributed by atoms with Crippen molar-refractivity contribution in [1.82, 2.24) is 0 Å². The molecular weight excluding hydrogens is 757 g/mol. The molecule has 0 nitrogen and oxygen atoms in total. The number of hydrogen-bond donors (Lipinski definition) is 0. The minimum Gasteiger partial charge on any atom is -0.0795 e. The van der Waals surface area contributed by atoms with Gasteiger partial charge in [-0.15, -0.1) is 0 Å². The van der Waals surface area contributed by atoms with Crippen molar-refractivity contribution in [3.63, 3.8) is 0 Å². The lowest BCUT2D eigenvalue weighted by molar-refractivity contribution is 0.661. The highest BCUT2D eigenvalue weighted by atomic mass is 14.4. The van der Waals surface area contributed by atoms with E-state index < -0.39 is 0 Å². The first-order valence-corrected chi connectivity index (χ1v) is 22.8. The van der Waals surface area contributed by atoms with Crippen LogP contribution in [0.3, 0.4) is 0 Å². The second-order valence-electron chi connectivity index (χ2n) is 19.1. The fourth-order valence-electron chi connectivity index (χ4n) is 12.1. The quantitative estimate of drug-likeness (QED) is 0.156. The fraction of sp³-hybridized carbons (Fsp3) is 0.111. The smallest absolute Gasteiger partial charge is 0.0159 e. The van der Waals surface area contributed by atoms with E-state index in [9.17, 15) is 0 Å². The summed E-state index contributed by atoms with van der Waals surface area (Å²) in [5.74, 6) is 0. The van der Waals surface area contributed by atoms with E-state index in [1.165, 1.54) is 143 Å². The first-order valence-electron chi connectivity index (χ1n) is 22.8. The van der Waals surface area contributed by atoms with Crippen LogP contribution in [0.25, 0.3) is 105 Å². The second-order valence-corrected chi connectivity index (χ2v) is 19.1. The van der Waals surface area contributed by atoms with Crippen LogP contribution in [-0.4, -0.2) is 0 Å². The second kappa shape index (κ2) is 12.9. The van der Waals surface area contributed by atoms with Crippen LogP contribution >= 0.6 is 0 Å². The Morgan fingerprint density at radius 1 is 0.397 bits per heavy atom. The monoisotopic (exact) mass is 800 g/mol. The number of hydrogen-bond acceptors (Lipinski definition) is 0. The molecule has 14 rings (SSSR count). The van der Waals surface area contributed by atoms with Gasteiger partial charge in [0.2, 0.25) is 0 Å². The Morgan fingerprint density at radius 2 is 0.984 bits per heavy atom. The van der Waals surface area contributed by atoms with E-state index in [0.29, 0.717) is 0 Å². The molecule has 0 aliphatic heterocycles. The Balaban J connectivity index is 0.769. The SMILES string of the molecule is CC1(C)c2cc(-c3cccc(-c4ccc5ccc6cccc7ccc4c5c67)c3)ccc2-c2ccc(-c3ccc4c(c3)CC=C(c3ccc5c6c7c(ccc36)C=CCC7=CC5)C4)cc21. The molecule has 10 aromatic carbocycles. The highest BCUT2D eigenvalue weighted by molar-refractivity contribution is 6.25. The molecule has 0 aromatic heterocycles. The van der Waals surface area contributed by atoms with Crippen LogP contribution in [0.5, 0.6) is 0 Å². The van der Waals surface area contributed by atoms with Crippen molar-refractivity contribution in [2.45, 2.75) is 44.9 Å². The molecule has 0 unspecified atom stereocenters. The molecular formula is C63H44. The molecule has 0 bridgehead atoms. The maximum atomic E-state index is 2.50. The van der Waals surface area contributed by atoms with E-state index in [2.05, 4.69) is 196 Å². The van der Waals surface area contributed by atoms with E-state index in [1.54, 1.807) is 0 Å². The first kappa shape index (κ1) is 35.3. The molecule has 10 aromatic rings. The van der Waals surface area contributed by atoms with Gasteiger partial charge in [0, 0.05) is 5.41 Å². The van der Waals surface area contributed by atoms with Gasteiger partial charge in [-0.05, 0) is 187 Å². The molecule has 0 heteroatoms. The summed E-state index contributed by atoms with van der Waals surface area (Å²) in [7, 11) is 0. The molecule has 0 N–H and O–H groups in total. The largest absolute Gasteiger partial charge is 0.0795 e. The number of fused-ring (bicyclic) bond motifs is 4. The predicted octanol–water partition coefficient (Wildman–Crippen LogP) is 16.6. The van der Waals surface area contributed by atoms with Crippen molar-refractivity contribution in [3.05, 3.63) is 220 Å². The van der Waals surface area contributed by atoms with E-state index in [-0.39, 0.29) is 5.41 Å². The maximum absolute atomic E-state index is 2.50. The highest BCUT2D eigenvalue weighted by Crippen LogP contribution is 2.51. The van der Waals surface area contributed by atoms with Crippen LogP contribution < -0.4 is 0 Å².